The van der Waals surface area contributed by atoms with Crippen molar-refractivity contribution in [1.82, 2.24) is 0 Å². The van der Waals surface area contributed by atoms with Crippen LogP contribution in [-0.2, 0) is 19.5 Å². The molecule has 0 aliphatic carbocycles. The number of rotatable bonds is 6. The molecule has 119 valence electrons. The Labute approximate surface area is 150 Å². The largest absolute Gasteiger partial charge is 0.530 e. The van der Waals surface area contributed by atoms with Gasteiger partial charge < -0.3 is 13.6 Å². The molecule has 0 saturated heterocycles. The van der Waals surface area contributed by atoms with E-state index in [0.29, 0.717) is 17.2 Å². The second-order valence-electron chi connectivity index (χ2n) is 4.44. The van der Waals surface area contributed by atoms with E-state index in [9.17, 15) is 0 Å². The molecule has 0 saturated carbocycles. The Balaban J connectivity index is 0.00000192. The van der Waals surface area contributed by atoms with Crippen LogP contribution >= 0.6 is 8.60 Å². The van der Waals surface area contributed by atoms with Gasteiger partial charge in [0.15, 0.2) is 0 Å². The van der Waals surface area contributed by atoms with Crippen molar-refractivity contribution in [1.29, 1.82) is 0 Å². The average molecular weight is 413 g/mol. The van der Waals surface area contributed by atoms with E-state index in [2.05, 4.69) is 0 Å². The van der Waals surface area contributed by atoms with Crippen LogP contribution in [0, 0.1) is 0 Å². The van der Waals surface area contributed by atoms with E-state index < -0.39 is 8.60 Å². The number of benzene rings is 3. The molecule has 0 fully saturated rings. The Hall–Kier alpha value is -1.89. The van der Waals surface area contributed by atoms with E-state index in [1.165, 1.54) is 0 Å². The summed E-state index contributed by atoms with van der Waals surface area (Å²) in [7, 11) is -1.59. The molecule has 0 spiro atoms. The minimum Gasteiger partial charge on any atom is -0.409 e. The van der Waals surface area contributed by atoms with E-state index in [0.717, 1.165) is 0 Å². The summed E-state index contributed by atoms with van der Waals surface area (Å²) in [5.74, 6) is 2.13. The smallest absolute Gasteiger partial charge is 0.409 e. The van der Waals surface area contributed by atoms with Gasteiger partial charge in [0, 0.05) is 19.5 Å². The van der Waals surface area contributed by atoms with E-state index in [1.54, 1.807) is 0 Å². The molecule has 3 aromatic rings. The average Bonchev–Trinajstić information content (AvgIpc) is 2.57. The van der Waals surface area contributed by atoms with Gasteiger partial charge >= 0.3 is 8.60 Å². The zero-order chi connectivity index (χ0) is 15.0. The molecule has 0 N–H and O–H groups in total. The molecule has 5 heteroatoms. The molecule has 0 aliphatic rings. The van der Waals surface area contributed by atoms with E-state index in [1.807, 2.05) is 91.0 Å². The van der Waals surface area contributed by atoms with Crippen LogP contribution in [0.3, 0.4) is 0 Å². The summed E-state index contributed by atoms with van der Waals surface area (Å²) in [6, 6.07) is 28.5. The molecule has 3 nitrogen and oxygen atoms in total. The Morgan fingerprint density at radius 3 is 0.957 bits per heavy atom. The third kappa shape index (κ3) is 5.67. The first-order valence-corrected chi connectivity index (χ1v) is 7.99. The zero-order valence-electron chi connectivity index (χ0n) is 12.2. The minimum absolute atomic E-state index is 0. The summed E-state index contributed by atoms with van der Waals surface area (Å²) < 4.78 is 17.5. The quantitative estimate of drug-likeness (QED) is 0.398. The van der Waals surface area contributed by atoms with Crippen LogP contribution in [0.15, 0.2) is 91.0 Å². The SMILES string of the molecule is [Rh].c1ccc(OP(Oc2ccccc2)Oc2ccccc2)cc1. The fourth-order valence-electron chi connectivity index (χ4n) is 1.76. The summed E-state index contributed by atoms with van der Waals surface area (Å²) in [6.45, 7) is 0. The molecular formula is C18H15O3PRh. The molecule has 1 radical (unpaired) electrons. The van der Waals surface area contributed by atoms with Crippen molar-refractivity contribution >= 4 is 8.60 Å². The fourth-order valence-corrected chi connectivity index (χ4v) is 2.75. The monoisotopic (exact) mass is 413 g/mol. The molecule has 0 atom stereocenters. The third-order valence-corrected chi connectivity index (χ3v) is 3.85. The number of para-hydroxylation sites is 3. The predicted octanol–water partition coefficient (Wildman–Crippen LogP) is 5.45. The van der Waals surface area contributed by atoms with Crippen LogP contribution < -0.4 is 13.6 Å². The van der Waals surface area contributed by atoms with Crippen molar-refractivity contribution in [3.05, 3.63) is 91.0 Å². The Morgan fingerprint density at radius 1 is 0.435 bits per heavy atom. The van der Waals surface area contributed by atoms with Crippen LogP contribution in [0.4, 0.5) is 0 Å². The van der Waals surface area contributed by atoms with Crippen LogP contribution in [0.1, 0.15) is 0 Å². The van der Waals surface area contributed by atoms with Crippen molar-refractivity contribution < 1.29 is 33.0 Å². The molecule has 0 aromatic heterocycles. The fraction of sp³-hybridized carbons (Fsp3) is 0. The van der Waals surface area contributed by atoms with Crippen LogP contribution in [0.5, 0.6) is 17.2 Å². The maximum atomic E-state index is 5.84. The van der Waals surface area contributed by atoms with Crippen LogP contribution in [0.2, 0.25) is 0 Å². The van der Waals surface area contributed by atoms with Gasteiger partial charge in [-0.1, -0.05) is 54.6 Å². The van der Waals surface area contributed by atoms with Gasteiger partial charge in [-0.05, 0) is 36.4 Å². The Morgan fingerprint density at radius 2 is 0.696 bits per heavy atom. The summed E-state index contributed by atoms with van der Waals surface area (Å²) >= 11 is 0. The van der Waals surface area contributed by atoms with Gasteiger partial charge in [0.05, 0.1) is 0 Å². The van der Waals surface area contributed by atoms with Gasteiger partial charge in [-0.2, -0.15) is 0 Å². The molecule has 0 heterocycles. The maximum absolute atomic E-state index is 5.84. The van der Waals surface area contributed by atoms with Gasteiger partial charge in [0.1, 0.15) is 17.2 Å². The van der Waals surface area contributed by atoms with Crippen molar-refractivity contribution in [2.45, 2.75) is 0 Å². The number of hydrogen-bond acceptors (Lipinski definition) is 3. The predicted molar refractivity (Wildman–Crippen MR) is 88.1 cm³/mol. The van der Waals surface area contributed by atoms with Gasteiger partial charge in [-0.3, -0.25) is 0 Å². The third-order valence-electron chi connectivity index (χ3n) is 2.77. The number of hydrogen-bond donors (Lipinski definition) is 0. The van der Waals surface area contributed by atoms with Crippen molar-refractivity contribution in [3.63, 3.8) is 0 Å². The minimum atomic E-state index is -1.59. The van der Waals surface area contributed by atoms with Crippen LogP contribution in [-0.4, -0.2) is 0 Å². The van der Waals surface area contributed by atoms with Gasteiger partial charge in [-0.15, -0.1) is 0 Å². The molecule has 3 rings (SSSR count). The summed E-state index contributed by atoms with van der Waals surface area (Å²) in [6.07, 6.45) is 0. The molecule has 0 bridgehead atoms. The zero-order valence-corrected chi connectivity index (χ0v) is 14.7. The summed E-state index contributed by atoms with van der Waals surface area (Å²) in [4.78, 5) is 0. The molecular weight excluding hydrogens is 398 g/mol. The Kier molecular flexibility index (Phi) is 7.06. The second kappa shape index (κ2) is 9.30. The van der Waals surface area contributed by atoms with Crippen molar-refractivity contribution in [2.24, 2.45) is 0 Å². The molecule has 0 amide bonds. The normalized spacial score (nSPS) is 9.78. The van der Waals surface area contributed by atoms with Crippen molar-refractivity contribution in [2.75, 3.05) is 0 Å². The summed E-state index contributed by atoms with van der Waals surface area (Å²) in [5, 5.41) is 0. The standard InChI is InChI=1S/C18H15O3P.Rh/c1-4-10-16(11-5-1)19-22(20-17-12-6-2-7-13-17)21-18-14-8-3-9-15-18;/h1-15H;. The molecule has 0 unspecified atom stereocenters. The second-order valence-corrected chi connectivity index (χ2v) is 5.43. The van der Waals surface area contributed by atoms with Gasteiger partial charge in [0.25, 0.3) is 0 Å². The molecule has 3 aromatic carbocycles. The van der Waals surface area contributed by atoms with Gasteiger partial charge in [0.2, 0.25) is 0 Å². The maximum Gasteiger partial charge on any atom is 0.530 e. The van der Waals surface area contributed by atoms with E-state index >= 15 is 0 Å². The van der Waals surface area contributed by atoms with Gasteiger partial charge in [-0.25, -0.2) is 0 Å². The molecule has 0 aliphatic heterocycles. The first kappa shape index (κ1) is 17.5. The van der Waals surface area contributed by atoms with Crippen LogP contribution in [0.25, 0.3) is 0 Å². The van der Waals surface area contributed by atoms with E-state index in [4.69, 9.17) is 13.6 Å². The first-order chi connectivity index (χ1) is 10.9. The van der Waals surface area contributed by atoms with Crippen molar-refractivity contribution in [3.8, 4) is 17.2 Å². The summed E-state index contributed by atoms with van der Waals surface area (Å²) in [5.41, 5.74) is 0. The van der Waals surface area contributed by atoms with E-state index in [-0.39, 0.29) is 19.5 Å². The molecule has 23 heavy (non-hydrogen) atoms. The topological polar surface area (TPSA) is 27.7 Å². The Bertz CT molecular complexity index is 582. The first-order valence-electron chi connectivity index (χ1n) is 6.89.